The molecule has 0 unspecified atom stereocenters. The van der Waals surface area contributed by atoms with Crippen molar-refractivity contribution in [2.24, 2.45) is 0 Å². The van der Waals surface area contributed by atoms with Crippen LogP contribution < -0.4 is 0 Å². The molecule has 0 N–H and O–H groups in total. The molecule has 2 aromatic heterocycles. The van der Waals surface area contributed by atoms with Gasteiger partial charge in [0, 0.05) is 13.0 Å². The Bertz CT molecular complexity index is 670. The highest BCUT2D eigenvalue weighted by atomic mass is 16.6. The lowest BCUT2D eigenvalue weighted by Gasteiger charge is -2.11. The van der Waals surface area contributed by atoms with Crippen LogP contribution in [0.15, 0.2) is 18.2 Å². The van der Waals surface area contributed by atoms with Crippen molar-refractivity contribution in [3.05, 3.63) is 28.3 Å². The Balaban J connectivity index is 2.29. The smallest absolute Gasteiger partial charge is 0.364 e. The van der Waals surface area contributed by atoms with Crippen LogP contribution >= 0.6 is 0 Å². The van der Waals surface area contributed by atoms with Gasteiger partial charge in [-0.15, -0.1) is 5.10 Å². The lowest BCUT2D eigenvalue weighted by atomic mass is 10.3. The van der Waals surface area contributed by atoms with Crippen molar-refractivity contribution in [1.82, 2.24) is 25.2 Å². The van der Waals surface area contributed by atoms with Crippen molar-refractivity contribution in [1.29, 1.82) is 0 Å². The first-order chi connectivity index (χ1) is 9.99. The molecule has 0 aromatic carbocycles. The maximum Gasteiger partial charge on any atom is 0.364 e. The lowest BCUT2D eigenvalue weighted by molar-refractivity contribution is -0.389. The number of hydrogen-bond acceptors (Lipinski definition) is 8. The van der Waals surface area contributed by atoms with Gasteiger partial charge in [0.25, 0.3) is 0 Å². The van der Waals surface area contributed by atoms with Gasteiger partial charge in [-0.3, -0.25) is 4.79 Å². The normalized spacial score (nSPS) is 11.9. The van der Waals surface area contributed by atoms with E-state index in [4.69, 9.17) is 4.74 Å². The topological polar surface area (TPSA) is 126 Å². The second-order valence-electron chi connectivity index (χ2n) is 4.24. The number of pyridine rings is 1. The summed E-state index contributed by atoms with van der Waals surface area (Å²) in [6.07, 6.45) is 0. The molecule has 2 aromatic rings. The minimum Gasteiger partial charge on any atom is -0.464 e. The summed E-state index contributed by atoms with van der Waals surface area (Å²) in [7, 11) is 0. The number of carbonyl (C=O) groups is 1. The number of esters is 1. The molecule has 0 saturated carbocycles. The Morgan fingerprint density at radius 2 is 2.29 bits per heavy atom. The molecule has 0 aliphatic carbocycles. The first kappa shape index (κ1) is 14.5. The molecule has 10 nitrogen and oxygen atoms in total. The quantitative estimate of drug-likeness (QED) is 0.449. The van der Waals surface area contributed by atoms with E-state index in [0.29, 0.717) is 0 Å². The second-order valence-corrected chi connectivity index (χ2v) is 4.24. The van der Waals surface area contributed by atoms with Gasteiger partial charge in [0.15, 0.2) is 0 Å². The maximum atomic E-state index is 10.8. The Morgan fingerprint density at radius 1 is 1.52 bits per heavy atom. The van der Waals surface area contributed by atoms with Crippen LogP contribution in [0, 0.1) is 10.1 Å². The maximum absolute atomic E-state index is 10.8. The van der Waals surface area contributed by atoms with Crippen LogP contribution in [0.25, 0.3) is 11.5 Å². The average molecular weight is 292 g/mol. The van der Waals surface area contributed by atoms with Crippen LogP contribution in [0.5, 0.6) is 0 Å². The predicted octanol–water partition coefficient (Wildman–Crippen LogP) is 0.767. The largest absolute Gasteiger partial charge is 0.464 e. The fraction of sp³-hybridized carbons (Fsp3) is 0.364. The van der Waals surface area contributed by atoms with Crippen LogP contribution in [-0.4, -0.2) is 42.7 Å². The van der Waals surface area contributed by atoms with E-state index in [1.165, 1.54) is 23.7 Å². The summed E-state index contributed by atoms with van der Waals surface area (Å²) >= 11 is 0. The highest BCUT2D eigenvalue weighted by Crippen LogP contribution is 2.19. The Labute approximate surface area is 118 Å². The van der Waals surface area contributed by atoms with Gasteiger partial charge in [0.1, 0.15) is 6.61 Å². The minimum atomic E-state index is -0.597. The van der Waals surface area contributed by atoms with Crippen LogP contribution in [0.3, 0.4) is 0 Å². The fourth-order valence-corrected chi connectivity index (χ4v) is 1.62. The second kappa shape index (κ2) is 6.03. The van der Waals surface area contributed by atoms with Crippen molar-refractivity contribution >= 4 is 11.8 Å². The molecule has 2 rings (SSSR count). The first-order valence-electron chi connectivity index (χ1n) is 6.02. The zero-order valence-electron chi connectivity index (χ0n) is 11.3. The van der Waals surface area contributed by atoms with E-state index in [1.54, 1.807) is 13.0 Å². The Kier molecular flexibility index (Phi) is 4.16. The summed E-state index contributed by atoms with van der Waals surface area (Å²) in [6, 6.07) is 4.00. The van der Waals surface area contributed by atoms with E-state index in [9.17, 15) is 14.9 Å². The first-order valence-corrected chi connectivity index (χ1v) is 6.02. The van der Waals surface area contributed by atoms with Crippen molar-refractivity contribution in [2.75, 3.05) is 6.61 Å². The molecule has 0 aliphatic rings. The van der Waals surface area contributed by atoms with E-state index < -0.39 is 10.9 Å². The van der Waals surface area contributed by atoms with Crippen LogP contribution in [0.2, 0.25) is 0 Å². The monoisotopic (exact) mass is 292 g/mol. The molecule has 0 amide bonds. The van der Waals surface area contributed by atoms with Gasteiger partial charge in [-0.2, -0.15) is 0 Å². The van der Waals surface area contributed by atoms with Gasteiger partial charge >= 0.3 is 11.8 Å². The summed E-state index contributed by atoms with van der Waals surface area (Å²) in [5.41, 5.74) is 0.267. The third-order valence-electron chi connectivity index (χ3n) is 2.59. The highest BCUT2D eigenvalue weighted by molar-refractivity contribution is 5.65. The van der Waals surface area contributed by atoms with Crippen molar-refractivity contribution < 1.29 is 14.5 Å². The van der Waals surface area contributed by atoms with E-state index >= 15 is 0 Å². The Hall–Kier alpha value is -2.91. The van der Waals surface area contributed by atoms with Crippen LogP contribution in [0.1, 0.15) is 19.9 Å². The third kappa shape index (κ3) is 3.35. The van der Waals surface area contributed by atoms with Gasteiger partial charge in [0.05, 0.1) is 6.04 Å². The zero-order chi connectivity index (χ0) is 15.4. The van der Waals surface area contributed by atoms with Gasteiger partial charge in [-0.25, -0.2) is 4.68 Å². The number of rotatable bonds is 5. The van der Waals surface area contributed by atoms with E-state index in [0.717, 1.165) is 0 Å². The summed E-state index contributed by atoms with van der Waals surface area (Å²) < 4.78 is 6.29. The Morgan fingerprint density at radius 3 is 2.95 bits per heavy atom. The number of nitrogens with zero attached hydrogens (tertiary/aromatic N) is 6. The molecule has 0 saturated heterocycles. The summed E-state index contributed by atoms with van der Waals surface area (Å²) in [5, 5.41) is 21.9. The minimum absolute atomic E-state index is 0.0856. The molecule has 0 bridgehead atoms. The number of hydrogen-bond donors (Lipinski definition) is 0. The molecule has 10 heteroatoms. The van der Waals surface area contributed by atoms with Gasteiger partial charge in [0.2, 0.25) is 11.5 Å². The van der Waals surface area contributed by atoms with Gasteiger partial charge < -0.3 is 14.9 Å². The number of tetrazole rings is 1. The molecule has 21 heavy (non-hydrogen) atoms. The summed E-state index contributed by atoms with van der Waals surface area (Å²) in [6.45, 7) is 3.14. The number of ether oxygens (including phenoxy) is 1. The number of carbonyl (C=O) groups excluding carboxylic acids is 1. The molecule has 0 aliphatic heterocycles. The molecule has 0 radical (unpaired) electrons. The molecular weight excluding hydrogens is 280 g/mol. The predicted molar refractivity (Wildman–Crippen MR) is 69.0 cm³/mol. The molecular formula is C11H12N6O4. The molecule has 0 spiro atoms. The number of aromatic nitrogens is 5. The number of nitro groups is 1. The summed E-state index contributed by atoms with van der Waals surface area (Å²) in [5.74, 6) is -0.446. The molecule has 1 atom stereocenters. The highest BCUT2D eigenvalue weighted by Gasteiger charge is 2.21. The van der Waals surface area contributed by atoms with Crippen LogP contribution in [-0.2, 0) is 9.53 Å². The zero-order valence-corrected chi connectivity index (χ0v) is 11.3. The van der Waals surface area contributed by atoms with Crippen LogP contribution in [0.4, 0.5) is 5.82 Å². The van der Waals surface area contributed by atoms with E-state index in [1.807, 2.05) is 0 Å². The van der Waals surface area contributed by atoms with Gasteiger partial charge in [-0.1, -0.05) is 0 Å². The lowest BCUT2D eigenvalue weighted by Crippen LogP contribution is -2.17. The van der Waals surface area contributed by atoms with Gasteiger partial charge in [-0.05, 0) is 39.4 Å². The SMILES string of the molecule is CC(=O)OC[C@@H](C)n1nnnc1-c1cccc([N+](=O)[O-])n1. The molecule has 110 valence electrons. The standard InChI is InChI=1S/C11H12N6O4/c1-7(6-21-8(2)18)16-11(13-14-15-16)9-4-3-5-10(12-9)17(19)20/h3-5,7H,6H2,1-2H3/t7-/m1/s1. The molecule has 2 heterocycles. The fourth-order valence-electron chi connectivity index (χ4n) is 1.62. The average Bonchev–Trinajstić information content (AvgIpc) is 2.94. The van der Waals surface area contributed by atoms with Crippen molar-refractivity contribution in [3.63, 3.8) is 0 Å². The van der Waals surface area contributed by atoms with E-state index in [2.05, 4.69) is 20.5 Å². The third-order valence-corrected chi connectivity index (χ3v) is 2.59. The van der Waals surface area contributed by atoms with Crippen molar-refractivity contribution in [2.45, 2.75) is 19.9 Å². The van der Waals surface area contributed by atoms with E-state index in [-0.39, 0.29) is 30.0 Å². The molecule has 0 fully saturated rings. The van der Waals surface area contributed by atoms with Crippen molar-refractivity contribution in [3.8, 4) is 11.5 Å². The summed E-state index contributed by atoms with van der Waals surface area (Å²) in [4.78, 5) is 24.9.